The van der Waals surface area contributed by atoms with Crippen LogP contribution in [0.15, 0.2) is 42.6 Å². The first-order valence-corrected chi connectivity index (χ1v) is 9.59. The lowest BCUT2D eigenvalue weighted by Crippen LogP contribution is -2.26. The lowest BCUT2D eigenvalue weighted by molar-refractivity contribution is -0.143. The Bertz CT molecular complexity index is 909. The molecule has 3 aromatic rings. The van der Waals surface area contributed by atoms with E-state index in [0.717, 1.165) is 22.4 Å². The second-order valence-corrected chi connectivity index (χ2v) is 7.55. The molecular weight excluding hydrogens is 370 g/mol. The molecule has 1 aromatic carbocycles. The van der Waals surface area contributed by atoms with Gasteiger partial charge in [-0.25, -0.2) is 0 Å². The van der Waals surface area contributed by atoms with Crippen LogP contribution in [0.2, 0.25) is 0 Å². The largest absolute Gasteiger partial charge is 0.481 e. The van der Waals surface area contributed by atoms with Gasteiger partial charge >= 0.3 is 5.97 Å². The van der Waals surface area contributed by atoms with E-state index < -0.39 is 17.8 Å². The third-order valence-corrected chi connectivity index (χ3v) is 4.95. The first kappa shape index (κ1) is 20.6. The molecule has 0 aliphatic rings. The summed E-state index contributed by atoms with van der Waals surface area (Å²) in [6, 6.07) is 11.5. The maximum absolute atomic E-state index is 11.9. The van der Waals surface area contributed by atoms with Crippen LogP contribution in [-0.2, 0) is 17.8 Å². The number of pyridine rings is 1. The highest BCUT2D eigenvalue weighted by Gasteiger charge is 2.33. The van der Waals surface area contributed by atoms with Crippen LogP contribution in [0.1, 0.15) is 43.3 Å². The van der Waals surface area contributed by atoms with Crippen molar-refractivity contribution in [3.63, 3.8) is 0 Å². The van der Waals surface area contributed by atoms with Crippen molar-refractivity contribution in [3.8, 4) is 11.1 Å². The molecule has 3 rings (SSSR count). The van der Waals surface area contributed by atoms with E-state index in [9.17, 15) is 9.90 Å². The Morgan fingerprint density at radius 1 is 1.10 bits per heavy atom. The van der Waals surface area contributed by atoms with Gasteiger partial charge in [-0.2, -0.15) is 5.21 Å². The molecule has 0 fully saturated rings. The number of rotatable bonds is 9. The zero-order valence-electron chi connectivity index (χ0n) is 16.5. The second-order valence-electron chi connectivity index (χ2n) is 7.55. The Morgan fingerprint density at radius 3 is 2.34 bits per heavy atom. The minimum atomic E-state index is -0.867. The van der Waals surface area contributed by atoms with E-state index in [-0.39, 0.29) is 12.5 Å². The molecule has 0 aliphatic heterocycles. The van der Waals surface area contributed by atoms with Crippen LogP contribution in [-0.4, -0.2) is 41.8 Å². The van der Waals surface area contributed by atoms with E-state index in [0.29, 0.717) is 18.7 Å². The first-order chi connectivity index (χ1) is 14.0. The van der Waals surface area contributed by atoms with Crippen molar-refractivity contribution in [3.05, 3.63) is 59.7 Å². The number of H-pyrrole nitrogens is 1. The molecule has 0 aliphatic carbocycles. The van der Waals surface area contributed by atoms with Gasteiger partial charge in [0.15, 0.2) is 5.82 Å². The van der Waals surface area contributed by atoms with E-state index in [1.54, 1.807) is 6.20 Å². The van der Waals surface area contributed by atoms with Gasteiger partial charge in [-0.1, -0.05) is 49.4 Å². The fourth-order valence-electron chi connectivity index (χ4n) is 3.43. The van der Waals surface area contributed by atoms with E-state index >= 15 is 0 Å². The van der Waals surface area contributed by atoms with Gasteiger partial charge in [0.25, 0.3) is 0 Å². The van der Waals surface area contributed by atoms with Gasteiger partial charge in [-0.15, -0.1) is 10.2 Å². The third-order valence-electron chi connectivity index (χ3n) is 4.95. The topological polar surface area (TPSA) is 125 Å². The lowest BCUT2D eigenvalue weighted by Gasteiger charge is -2.22. The minimum absolute atomic E-state index is 0.00998. The molecule has 0 bridgehead atoms. The van der Waals surface area contributed by atoms with Crippen molar-refractivity contribution in [2.75, 3.05) is 0 Å². The molecule has 3 N–H and O–H groups in total. The standard InChI is InChI=1S/C21H25N5O3/c1-13(2)9-19(21(28)29)18(20-23-25-26-24-20)10-17-8-7-16(11-22-17)15-5-3-14(12-27)4-6-15/h3-8,11,13,18-19,27H,9-10,12H2,1-2H3,(H,28,29)(H,23,24,25,26). The smallest absolute Gasteiger partial charge is 0.307 e. The number of tetrazole rings is 1. The number of aromatic amines is 1. The predicted octanol–water partition coefficient (Wildman–Crippen LogP) is 2.83. The Kier molecular flexibility index (Phi) is 6.66. The van der Waals surface area contributed by atoms with Gasteiger partial charge < -0.3 is 10.2 Å². The van der Waals surface area contributed by atoms with Crippen LogP contribution < -0.4 is 0 Å². The average molecular weight is 395 g/mol. The number of carboxylic acid groups (broad SMARTS) is 1. The molecule has 152 valence electrons. The Morgan fingerprint density at radius 2 is 1.83 bits per heavy atom. The van der Waals surface area contributed by atoms with Gasteiger partial charge in [0.05, 0.1) is 12.5 Å². The average Bonchev–Trinajstić information content (AvgIpc) is 3.25. The third kappa shape index (κ3) is 5.23. The number of aliphatic hydroxyl groups is 1. The molecule has 0 spiro atoms. The van der Waals surface area contributed by atoms with Crippen LogP contribution in [0.25, 0.3) is 11.1 Å². The monoisotopic (exact) mass is 395 g/mol. The molecule has 2 unspecified atom stereocenters. The van der Waals surface area contributed by atoms with Crippen LogP contribution in [0.3, 0.4) is 0 Å². The zero-order valence-corrected chi connectivity index (χ0v) is 16.5. The molecule has 0 saturated carbocycles. The maximum atomic E-state index is 11.9. The summed E-state index contributed by atoms with van der Waals surface area (Å²) in [5, 5.41) is 33.1. The number of carboxylic acids is 1. The molecule has 0 saturated heterocycles. The van der Waals surface area contributed by atoms with Crippen molar-refractivity contribution < 1.29 is 15.0 Å². The molecule has 29 heavy (non-hydrogen) atoms. The van der Waals surface area contributed by atoms with Crippen LogP contribution in [0, 0.1) is 11.8 Å². The first-order valence-electron chi connectivity index (χ1n) is 9.59. The summed E-state index contributed by atoms with van der Waals surface area (Å²) in [4.78, 5) is 16.5. The molecule has 8 nitrogen and oxygen atoms in total. The number of aliphatic hydroxyl groups excluding tert-OH is 1. The fraction of sp³-hybridized carbons (Fsp3) is 0.381. The van der Waals surface area contributed by atoms with Gasteiger partial charge in [0.1, 0.15) is 0 Å². The summed E-state index contributed by atoms with van der Waals surface area (Å²) in [6.45, 7) is 4.01. The summed E-state index contributed by atoms with van der Waals surface area (Å²) in [6.07, 6.45) is 2.70. The highest BCUT2D eigenvalue weighted by Crippen LogP contribution is 2.31. The number of aromatic nitrogens is 5. The molecule has 8 heteroatoms. The van der Waals surface area contributed by atoms with Gasteiger partial charge in [0, 0.05) is 29.8 Å². The lowest BCUT2D eigenvalue weighted by atomic mass is 9.82. The zero-order chi connectivity index (χ0) is 20.8. The minimum Gasteiger partial charge on any atom is -0.481 e. The number of hydrogen-bond acceptors (Lipinski definition) is 6. The Balaban J connectivity index is 1.82. The van der Waals surface area contributed by atoms with E-state index in [4.69, 9.17) is 5.11 Å². The van der Waals surface area contributed by atoms with Gasteiger partial charge in [-0.3, -0.25) is 9.78 Å². The Labute approximate surface area is 169 Å². The predicted molar refractivity (Wildman–Crippen MR) is 107 cm³/mol. The molecule has 0 amide bonds. The molecular formula is C21H25N5O3. The summed E-state index contributed by atoms with van der Waals surface area (Å²) in [5.41, 5.74) is 3.57. The second kappa shape index (κ2) is 9.38. The van der Waals surface area contributed by atoms with E-state index in [1.807, 2.05) is 50.2 Å². The molecule has 0 radical (unpaired) electrons. The number of hydrogen-bond donors (Lipinski definition) is 3. The summed E-state index contributed by atoms with van der Waals surface area (Å²) in [7, 11) is 0. The fourth-order valence-corrected chi connectivity index (χ4v) is 3.43. The van der Waals surface area contributed by atoms with Crippen molar-refractivity contribution >= 4 is 5.97 Å². The van der Waals surface area contributed by atoms with Crippen LogP contribution in [0.4, 0.5) is 0 Å². The quantitative estimate of drug-likeness (QED) is 0.509. The van der Waals surface area contributed by atoms with Crippen molar-refractivity contribution in [2.24, 2.45) is 11.8 Å². The summed E-state index contributed by atoms with van der Waals surface area (Å²) < 4.78 is 0. The van der Waals surface area contributed by atoms with Crippen molar-refractivity contribution in [2.45, 2.75) is 39.2 Å². The normalized spacial score (nSPS) is 13.4. The number of aliphatic carboxylic acids is 1. The van der Waals surface area contributed by atoms with E-state index in [1.165, 1.54) is 0 Å². The SMILES string of the molecule is CC(C)CC(C(=O)O)C(Cc1ccc(-c2ccc(CO)cc2)cn1)c1nn[nH]n1. The van der Waals surface area contributed by atoms with Crippen molar-refractivity contribution in [1.29, 1.82) is 0 Å². The number of benzene rings is 1. The molecule has 2 aromatic heterocycles. The van der Waals surface area contributed by atoms with E-state index in [2.05, 4.69) is 25.6 Å². The number of nitrogens with zero attached hydrogens (tertiary/aromatic N) is 4. The van der Waals surface area contributed by atoms with Crippen LogP contribution >= 0.6 is 0 Å². The van der Waals surface area contributed by atoms with Gasteiger partial charge in [-0.05, 0) is 29.5 Å². The molecule has 2 atom stereocenters. The highest BCUT2D eigenvalue weighted by atomic mass is 16.4. The number of carbonyl (C=O) groups is 1. The molecule has 2 heterocycles. The summed E-state index contributed by atoms with van der Waals surface area (Å²) >= 11 is 0. The Hall–Kier alpha value is -3.13. The van der Waals surface area contributed by atoms with Gasteiger partial charge in [0.2, 0.25) is 0 Å². The van der Waals surface area contributed by atoms with Crippen LogP contribution in [0.5, 0.6) is 0 Å². The maximum Gasteiger partial charge on any atom is 0.307 e. The van der Waals surface area contributed by atoms with Crippen molar-refractivity contribution in [1.82, 2.24) is 25.6 Å². The highest BCUT2D eigenvalue weighted by molar-refractivity contribution is 5.71. The number of nitrogens with one attached hydrogen (secondary N) is 1. The summed E-state index contributed by atoms with van der Waals surface area (Å²) in [5.74, 6) is -1.30.